The molecule has 0 bridgehead atoms. The van der Waals surface area contributed by atoms with Crippen molar-refractivity contribution < 1.29 is 0 Å². The second-order valence-electron chi connectivity index (χ2n) is 4.15. The Bertz CT molecular complexity index is 412. The molecule has 0 spiro atoms. The van der Waals surface area contributed by atoms with E-state index >= 15 is 0 Å². The molecule has 1 aromatic carbocycles. The number of nitrogens with one attached hydrogen (secondary N) is 1. The van der Waals surface area contributed by atoms with Crippen molar-refractivity contribution in [2.45, 2.75) is 30.9 Å². The molecule has 1 aliphatic rings. The molecule has 2 nitrogen and oxygen atoms in total. The molecule has 1 N–H and O–H groups in total. The van der Waals surface area contributed by atoms with Crippen LogP contribution in [0.25, 0.3) is 0 Å². The molecule has 0 amide bonds. The summed E-state index contributed by atoms with van der Waals surface area (Å²) in [6, 6.07) is 6.48. The van der Waals surface area contributed by atoms with Gasteiger partial charge in [0.2, 0.25) is 0 Å². The summed E-state index contributed by atoms with van der Waals surface area (Å²) >= 11 is 1.89. The summed E-state index contributed by atoms with van der Waals surface area (Å²) in [5.74, 6) is 1.14. The van der Waals surface area contributed by atoms with E-state index in [2.05, 4.69) is 49.3 Å². The first-order valence-electron chi connectivity index (χ1n) is 5.69. The number of benzene rings is 1. The standard InChI is InChI=1S/C13H18N2S/c1-9-5-4-6-12(10(9)2)16-11(3)13-14-7-8-15-13/h4-6,11H,7-8H2,1-3H3,(H,14,15). The average molecular weight is 234 g/mol. The summed E-state index contributed by atoms with van der Waals surface area (Å²) in [6.07, 6.45) is 0. The van der Waals surface area contributed by atoms with Crippen LogP contribution in [0.3, 0.4) is 0 Å². The SMILES string of the molecule is Cc1cccc(SC(C)C2=NCCN2)c1C. The second kappa shape index (κ2) is 4.91. The van der Waals surface area contributed by atoms with Gasteiger partial charge >= 0.3 is 0 Å². The maximum atomic E-state index is 4.47. The third-order valence-corrected chi connectivity index (χ3v) is 4.22. The van der Waals surface area contributed by atoms with Gasteiger partial charge in [-0.25, -0.2) is 0 Å². The predicted molar refractivity (Wildman–Crippen MR) is 71.5 cm³/mol. The van der Waals surface area contributed by atoms with E-state index in [1.54, 1.807) is 0 Å². The number of nitrogens with zero attached hydrogens (tertiary/aromatic N) is 1. The number of amidine groups is 1. The van der Waals surface area contributed by atoms with Gasteiger partial charge in [0.1, 0.15) is 5.84 Å². The maximum Gasteiger partial charge on any atom is 0.110 e. The van der Waals surface area contributed by atoms with Crippen molar-refractivity contribution in [3.63, 3.8) is 0 Å². The molecular formula is C13H18N2S. The molecule has 16 heavy (non-hydrogen) atoms. The summed E-state index contributed by atoms with van der Waals surface area (Å²) in [5, 5.41) is 3.76. The summed E-state index contributed by atoms with van der Waals surface area (Å²) in [7, 11) is 0. The van der Waals surface area contributed by atoms with E-state index in [1.165, 1.54) is 16.0 Å². The largest absolute Gasteiger partial charge is 0.371 e. The Hall–Kier alpha value is -0.960. The highest BCUT2D eigenvalue weighted by Crippen LogP contribution is 2.28. The molecule has 0 aliphatic carbocycles. The van der Waals surface area contributed by atoms with Crippen molar-refractivity contribution in [3.8, 4) is 0 Å². The van der Waals surface area contributed by atoms with Gasteiger partial charge in [-0.1, -0.05) is 12.1 Å². The Morgan fingerprint density at radius 2 is 2.19 bits per heavy atom. The predicted octanol–water partition coefficient (Wildman–Crippen LogP) is 2.79. The highest BCUT2D eigenvalue weighted by molar-refractivity contribution is 8.00. The lowest BCUT2D eigenvalue weighted by molar-refractivity contribution is 0.952. The van der Waals surface area contributed by atoms with Crippen LogP contribution in [0.2, 0.25) is 0 Å². The molecule has 0 saturated carbocycles. The van der Waals surface area contributed by atoms with Gasteiger partial charge in [0.25, 0.3) is 0 Å². The smallest absolute Gasteiger partial charge is 0.110 e. The minimum absolute atomic E-state index is 0.419. The zero-order valence-corrected chi connectivity index (χ0v) is 10.9. The number of thioether (sulfide) groups is 1. The maximum absolute atomic E-state index is 4.47. The highest BCUT2D eigenvalue weighted by atomic mass is 32.2. The third-order valence-electron chi connectivity index (χ3n) is 2.94. The van der Waals surface area contributed by atoms with Crippen molar-refractivity contribution in [2.24, 2.45) is 4.99 Å². The number of aliphatic imine (C=N–C) groups is 1. The third kappa shape index (κ3) is 2.40. The number of rotatable bonds is 3. The first kappa shape index (κ1) is 11.5. The van der Waals surface area contributed by atoms with Gasteiger partial charge in [-0.05, 0) is 38.0 Å². The van der Waals surface area contributed by atoms with Gasteiger partial charge in [0.05, 0.1) is 11.8 Å². The van der Waals surface area contributed by atoms with Crippen molar-refractivity contribution in [3.05, 3.63) is 29.3 Å². The summed E-state index contributed by atoms with van der Waals surface area (Å²) in [4.78, 5) is 5.83. The molecule has 1 heterocycles. The highest BCUT2D eigenvalue weighted by Gasteiger charge is 2.15. The van der Waals surface area contributed by atoms with E-state index < -0.39 is 0 Å². The van der Waals surface area contributed by atoms with E-state index in [-0.39, 0.29) is 0 Å². The molecule has 1 atom stereocenters. The number of aryl methyl sites for hydroxylation is 1. The van der Waals surface area contributed by atoms with Gasteiger partial charge in [0.15, 0.2) is 0 Å². The van der Waals surface area contributed by atoms with Gasteiger partial charge in [-0.3, -0.25) is 4.99 Å². The van der Waals surface area contributed by atoms with E-state index in [1.807, 2.05) is 11.8 Å². The first-order valence-corrected chi connectivity index (χ1v) is 6.57. The topological polar surface area (TPSA) is 24.4 Å². The van der Waals surface area contributed by atoms with Crippen molar-refractivity contribution in [1.82, 2.24) is 5.32 Å². The molecule has 0 saturated heterocycles. The molecule has 3 heteroatoms. The quantitative estimate of drug-likeness (QED) is 0.813. The normalized spacial score (nSPS) is 16.8. The van der Waals surface area contributed by atoms with Crippen molar-refractivity contribution in [2.75, 3.05) is 13.1 Å². The molecule has 0 aromatic heterocycles. The van der Waals surface area contributed by atoms with E-state index in [0.717, 1.165) is 18.9 Å². The zero-order valence-electron chi connectivity index (χ0n) is 10.1. The zero-order chi connectivity index (χ0) is 11.5. The Morgan fingerprint density at radius 3 is 2.88 bits per heavy atom. The Labute approximate surface area is 102 Å². The minimum Gasteiger partial charge on any atom is -0.371 e. The van der Waals surface area contributed by atoms with Gasteiger partial charge in [0, 0.05) is 11.4 Å². The second-order valence-corrected chi connectivity index (χ2v) is 5.53. The lowest BCUT2D eigenvalue weighted by atomic mass is 10.1. The fourth-order valence-electron chi connectivity index (χ4n) is 1.79. The van der Waals surface area contributed by atoms with Crippen LogP contribution in [0.4, 0.5) is 0 Å². The van der Waals surface area contributed by atoms with Gasteiger partial charge < -0.3 is 5.32 Å². The lowest BCUT2D eigenvalue weighted by Crippen LogP contribution is -2.27. The molecule has 0 radical (unpaired) electrons. The van der Waals surface area contributed by atoms with Crippen LogP contribution in [-0.2, 0) is 0 Å². The molecule has 86 valence electrons. The van der Waals surface area contributed by atoms with E-state index in [9.17, 15) is 0 Å². The van der Waals surface area contributed by atoms with E-state index in [4.69, 9.17) is 0 Å². The molecule has 1 aliphatic heterocycles. The minimum atomic E-state index is 0.419. The first-order chi connectivity index (χ1) is 7.68. The fraction of sp³-hybridized carbons (Fsp3) is 0.462. The van der Waals surface area contributed by atoms with Gasteiger partial charge in [-0.2, -0.15) is 0 Å². The monoisotopic (exact) mass is 234 g/mol. The van der Waals surface area contributed by atoms with Crippen LogP contribution in [0.1, 0.15) is 18.1 Å². The van der Waals surface area contributed by atoms with Crippen LogP contribution in [0.5, 0.6) is 0 Å². The molecular weight excluding hydrogens is 216 g/mol. The van der Waals surface area contributed by atoms with Crippen LogP contribution in [0, 0.1) is 13.8 Å². The van der Waals surface area contributed by atoms with Gasteiger partial charge in [-0.15, -0.1) is 11.8 Å². The Balaban J connectivity index is 2.11. The molecule has 2 rings (SSSR count). The Kier molecular flexibility index (Phi) is 3.54. The summed E-state index contributed by atoms with van der Waals surface area (Å²) in [6.45, 7) is 8.48. The van der Waals surface area contributed by atoms with Crippen LogP contribution in [-0.4, -0.2) is 24.2 Å². The van der Waals surface area contributed by atoms with Crippen LogP contribution < -0.4 is 5.32 Å². The average Bonchev–Trinajstić information content (AvgIpc) is 2.78. The van der Waals surface area contributed by atoms with E-state index in [0.29, 0.717) is 5.25 Å². The van der Waals surface area contributed by atoms with Crippen molar-refractivity contribution in [1.29, 1.82) is 0 Å². The number of hydrogen-bond donors (Lipinski definition) is 1. The number of hydrogen-bond acceptors (Lipinski definition) is 3. The fourth-order valence-corrected chi connectivity index (χ4v) is 2.93. The lowest BCUT2D eigenvalue weighted by Gasteiger charge is -2.14. The summed E-state index contributed by atoms with van der Waals surface area (Å²) < 4.78 is 0. The molecule has 1 unspecified atom stereocenters. The Morgan fingerprint density at radius 1 is 1.38 bits per heavy atom. The van der Waals surface area contributed by atoms with Crippen molar-refractivity contribution >= 4 is 17.6 Å². The molecule has 1 aromatic rings. The summed E-state index contributed by atoms with van der Waals surface area (Å²) in [5.41, 5.74) is 2.75. The van der Waals surface area contributed by atoms with Crippen LogP contribution in [0.15, 0.2) is 28.1 Å². The van der Waals surface area contributed by atoms with Crippen LogP contribution >= 0.6 is 11.8 Å². The molecule has 0 fully saturated rings.